The van der Waals surface area contributed by atoms with Crippen molar-refractivity contribution in [3.8, 4) is 0 Å². The standard InChI is InChI=1S/C14H25FN2O2/c1-13(2,3)19-12(18)17-9-6-14(11(15)10-17)4-7-16-8-5-14/h11,16H,4-10H2,1-3H3. The van der Waals surface area contributed by atoms with Gasteiger partial charge in [0.15, 0.2) is 0 Å². The van der Waals surface area contributed by atoms with Gasteiger partial charge in [-0.1, -0.05) is 0 Å². The summed E-state index contributed by atoms with van der Waals surface area (Å²) in [5.41, 5.74) is -0.740. The molecule has 0 saturated carbocycles. The highest BCUT2D eigenvalue weighted by Crippen LogP contribution is 2.41. The Kier molecular flexibility index (Phi) is 4.04. The van der Waals surface area contributed by atoms with Crippen LogP contribution in [0.1, 0.15) is 40.0 Å². The number of ether oxygens (including phenoxy) is 1. The summed E-state index contributed by atoms with van der Waals surface area (Å²) in [6.45, 7) is 8.03. The van der Waals surface area contributed by atoms with Gasteiger partial charge in [0.1, 0.15) is 11.8 Å². The number of nitrogens with zero attached hydrogens (tertiary/aromatic N) is 1. The fraction of sp³-hybridized carbons (Fsp3) is 0.929. The number of carbonyl (C=O) groups excluding carboxylic acids is 1. The van der Waals surface area contributed by atoms with Crippen LogP contribution >= 0.6 is 0 Å². The van der Waals surface area contributed by atoms with E-state index in [-0.39, 0.29) is 18.1 Å². The summed E-state index contributed by atoms with van der Waals surface area (Å²) < 4.78 is 19.8. The number of alkyl halides is 1. The number of amides is 1. The van der Waals surface area contributed by atoms with Crippen molar-refractivity contribution in [1.82, 2.24) is 10.2 Å². The van der Waals surface area contributed by atoms with Gasteiger partial charge in [-0.15, -0.1) is 0 Å². The molecule has 0 bridgehead atoms. The van der Waals surface area contributed by atoms with Crippen molar-refractivity contribution < 1.29 is 13.9 Å². The molecule has 2 aliphatic rings. The van der Waals surface area contributed by atoms with Gasteiger partial charge in [0.05, 0.1) is 6.54 Å². The quantitative estimate of drug-likeness (QED) is 0.736. The van der Waals surface area contributed by atoms with Gasteiger partial charge in [-0.25, -0.2) is 9.18 Å². The van der Waals surface area contributed by atoms with Gasteiger partial charge in [-0.05, 0) is 53.1 Å². The molecule has 2 aliphatic heterocycles. The van der Waals surface area contributed by atoms with Crippen molar-refractivity contribution in [2.24, 2.45) is 5.41 Å². The minimum absolute atomic E-state index is 0.176. The Bertz CT molecular complexity index is 335. The van der Waals surface area contributed by atoms with Gasteiger partial charge in [0.2, 0.25) is 0 Å². The summed E-state index contributed by atoms with van der Waals surface area (Å²) in [7, 11) is 0. The number of piperidine rings is 2. The molecule has 2 saturated heterocycles. The van der Waals surface area contributed by atoms with Crippen LogP contribution in [0.2, 0.25) is 0 Å². The molecule has 0 radical (unpaired) electrons. The lowest BCUT2D eigenvalue weighted by Crippen LogP contribution is -2.54. The van der Waals surface area contributed by atoms with Crippen molar-refractivity contribution >= 4 is 6.09 Å². The normalized spacial score (nSPS) is 27.4. The molecule has 0 aromatic carbocycles. The molecular formula is C14H25FN2O2. The molecule has 1 spiro atoms. The monoisotopic (exact) mass is 272 g/mol. The Hall–Kier alpha value is -0.840. The molecular weight excluding hydrogens is 247 g/mol. The second-order valence-corrected chi connectivity index (χ2v) is 6.76. The minimum atomic E-state index is -0.934. The lowest BCUT2D eigenvalue weighted by Gasteiger charge is -2.46. The Labute approximate surface area is 114 Å². The van der Waals surface area contributed by atoms with Crippen molar-refractivity contribution in [3.05, 3.63) is 0 Å². The molecule has 2 heterocycles. The third-order valence-electron chi connectivity index (χ3n) is 4.18. The van der Waals surface area contributed by atoms with Crippen molar-refractivity contribution in [2.75, 3.05) is 26.2 Å². The van der Waals surface area contributed by atoms with E-state index < -0.39 is 11.8 Å². The summed E-state index contributed by atoms with van der Waals surface area (Å²) in [6, 6.07) is 0. The van der Waals surface area contributed by atoms with E-state index in [1.165, 1.54) is 4.90 Å². The third kappa shape index (κ3) is 3.38. The molecule has 2 fully saturated rings. The largest absolute Gasteiger partial charge is 0.444 e. The molecule has 110 valence electrons. The van der Waals surface area contributed by atoms with Crippen molar-refractivity contribution in [3.63, 3.8) is 0 Å². The number of halogens is 1. The predicted octanol–water partition coefficient (Wildman–Crippen LogP) is 2.34. The van der Waals surface area contributed by atoms with E-state index in [1.807, 2.05) is 20.8 Å². The predicted molar refractivity (Wildman–Crippen MR) is 71.9 cm³/mol. The first-order valence-electron chi connectivity index (χ1n) is 7.15. The van der Waals surface area contributed by atoms with E-state index in [9.17, 15) is 9.18 Å². The van der Waals surface area contributed by atoms with E-state index in [0.717, 1.165) is 32.4 Å². The lowest BCUT2D eigenvalue weighted by molar-refractivity contribution is -0.0312. The topological polar surface area (TPSA) is 41.6 Å². The molecule has 0 aromatic rings. The fourth-order valence-corrected chi connectivity index (χ4v) is 2.97. The van der Waals surface area contributed by atoms with Gasteiger partial charge >= 0.3 is 6.09 Å². The molecule has 19 heavy (non-hydrogen) atoms. The van der Waals surface area contributed by atoms with Gasteiger partial charge in [-0.3, -0.25) is 0 Å². The van der Waals surface area contributed by atoms with E-state index in [0.29, 0.717) is 6.54 Å². The maximum atomic E-state index is 14.5. The van der Waals surface area contributed by atoms with Crippen LogP contribution in [0.3, 0.4) is 0 Å². The number of carbonyl (C=O) groups is 1. The molecule has 1 atom stereocenters. The Morgan fingerprint density at radius 1 is 1.32 bits per heavy atom. The maximum Gasteiger partial charge on any atom is 0.410 e. The van der Waals surface area contributed by atoms with Crippen LogP contribution in [0.4, 0.5) is 9.18 Å². The highest BCUT2D eigenvalue weighted by Gasteiger charge is 2.45. The third-order valence-corrected chi connectivity index (χ3v) is 4.18. The summed E-state index contributed by atoms with van der Waals surface area (Å²) in [4.78, 5) is 13.5. The van der Waals surface area contributed by atoms with Crippen LogP contribution in [0.25, 0.3) is 0 Å². The first-order chi connectivity index (χ1) is 8.82. The molecule has 0 aromatic heterocycles. The summed E-state index contributed by atoms with van der Waals surface area (Å²) in [5, 5.41) is 3.27. The van der Waals surface area contributed by atoms with Crippen LogP contribution in [-0.4, -0.2) is 48.9 Å². The van der Waals surface area contributed by atoms with Gasteiger partial charge in [0.25, 0.3) is 0 Å². The SMILES string of the molecule is CC(C)(C)OC(=O)N1CCC2(CCNCC2)C(F)C1. The first-order valence-corrected chi connectivity index (χ1v) is 7.15. The fourth-order valence-electron chi connectivity index (χ4n) is 2.97. The Balaban J connectivity index is 1.94. The molecule has 1 unspecified atom stereocenters. The van der Waals surface area contributed by atoms with Gasteiger partial charge in [-0.2, -0.15) is 0 Å². The summed E-state index contributed by atoms with van der Waals surface area (Å²) in [5.74, 6) is 0. The van der Waals surface area contributed by atoms with Crippen molar-refractivity contribution in [1.29, 1.82) is 0 Å². The second kappa shape index (κ2) is 5.27. The van der Waals surface area contributed by atoms with Crippen LogP contribution < -0.4 is 5.32 Å². The molecule has 4 nitrogen and oxygen atoms in total. The van der Waals surface area contributed by atoms with Crippen LogP contribution in [0.15, 0.2) is 0 Å². The smallest absolute Gasteiger partial charge is 0.410 e. The van der Waals surface area contributed by atoms with Crippen LogP contribution in [0.5, 0.6) is 0 Å². The summed E-state index contributed by atoms with van der Waals surface area (Å²) >= 11 is 0. The van der Waals surface area contributed by atoms with E-state index in [2.05, 4.69) is 5.32 Å². The Morgan fingerprint density at radius 3 is 2.47 bits per heavy atom. The molecule has 1 N–H and O–H groups in total. The zero-order valence-electron chi connectivity index (χ0n) is 12.2. The van der Waals surface area contributed by atoms with E-state index in [4.69, 9.17) is 4.74 Å². The first kappa shape index (κ1) is 14.6. The highest BCUT2D eigenvalue weighted by molar-refractivity contribution is 5.68. The second-order valence-electron chi connectivity index (χ2n) is 6.76. The molecule has 0 aliphatic carbocycles. The zero-order chi connectivity index (χ0) is 14.1. The number of hydrogen-bond donors (Lipinski definition) is 1. The number of hydrogen-bond acceptors (Lipinski definition) is 3. The lowest BCUT2D eigenvalue weighted by atomic mass is 9.70. The van der Waals surface area contributed by atoms with Crippen molar-refractivity contribution in [2.45, 2.75) is 51.8 Å². The maximum absolute atomic E-state index is 14.5. The Morgan fingerprint density at radius 2 is 1.95 bits per heavy atom. The molecule has 1 amide bonds. The average Bonchev–Trinajstić information content (AvgIpc) is 2.32. The van der Waals surface area contributed by atoms with Gasteiger partial charge in [0, 0.05) is 12.0 Å². The van der Waals surface area contributed by atoms with E-state index >= 15 is 0 Å². The number of likely N-dealkylation sites (tertiary alicyclic amines) is 1. The number of nitrogens with one attached hydrogen (secondary N) is 1. The summed E-state index contributed by atoms with van der Waals surface area (Å²) in [6.07, 6.45) is 1.16. The van der Waals surface area contributed by atoms with Crippen LogP contribution in [0, 0.1) is 5.41 Å². The highest BCUT2D eigenvalue weighted by atomic mass is 19.1. The average molecular weight is 272 g/mol. The van der Waals surface area contributed by atoms with Gasteiger partial charge < -0.3 is 15.0 Å². The molecule has 5 heteroatoms. The molecule has 2 rings (SSSR count). The number of rotatable bonds is 0. The minimum Gasteiger partial charge on any atom is -0.444 e. The van der Waals surface area contributed by atoms with E-state index in [1.54, 1.807) is 0 Å². The zero-order valence-corrected chi connectivity index (χ0v) is 12.2. The van der Waals surface area contributed by atoms with Crippen LogP contribution in [-0.2, 0) is 4.74 Å².